The molecule has 17 heavy (non-hydrogen) atoms. The highest BCUT2D eigenvalue weighted by Gasteiger charge is 2.13. The fraction of sp³-hybridized carbons (Fsp3) is 0.571. The van der Waals surface area contributed by atoms with Gasteiger partial charge in [-0.05, 0) is 37.4 Å². The van der Waals surface area contributed by atoms with E-state index in [4.69, 9.17) is 4.74 Å². The maximum absolute atomic E-state index is 13.5. The van der Waals surface area contributed by atoms with Crippen molar-refractivity contribution in [3.63, 3.8) is 0 Å². The zero-order chi connectivity index (χ0) is 12.7. The number of methoxy groups -OCH3 is 1. The van der Waals surface area contributed by atoms with Gasteiger partial charge in [-0.2, -0.15) is 0 Å². The van der Waals surface area contributed by atoms with Gasteiger partial charge in [0.05, 0.1) is 0 Å². The monoisotopic (exact) mass is 239 g/mol. The number of nitrogens with one attached hydrogen (secondary N) is 1. The van der Waals surface area contributed by atoms with E-state index in [9.17, 15) is 4.39 Å². The largest absolute Gasteiger partial charge is 0.384 e. The quantitative estimate of drug-likeness (QED) is 0.789. The molecule has 2 nitrogen and oxygen atoms in total. The van der Waals surface area contributed by atoms with Crippen molar-refractivity contribution in [3.8, 4) is 0 Å². The first-order valence-corrected chi connectivity index (χ1v) is 6.07. The van der Waals surface area contributed by atoms with Crippen molar-refractivity contribution in [3.05, 3.63) is 35.6 Å². The fourth-order valence-electron chi connectivity index (χ4n) is 2.07. The van der Waals surface area contributed by atoms with Crippen LogP contribution in [0.3, 0.4) is 0 Å². The molecule has 0 radical (unpaired) electrons. The van der Waals surface area contributed by atoms with Crippen LogP contribution in [0, 0.1) is 11.7 Å². The van der Waals surface area contributed by atoms with Crippen LogP contribution in [0.25, 0.3) is 0 Å². The van der Waals surface area contributed by atoms with Crippen molar-refractivity contribution in [2.75, 3.05) is 20.8 Å². The molecule has 1 aromatic carbocycles. The lowest BCUT2D eigenvalue weighted by Crippen LogP contribution is -2.30. The minimum atomic E-state index is -0.118. The SMILES string of the molecule is CNC(Cc1ccccc1F)CC(C)COC. The van der Waals surface area contributed by atoms with E-state index < -0.39 is 0 Å². The van der Waals surface area contributed by atoms with Gasteiger partial charge in [-0.15, -0.1) is 0 Å². The Hall–Kier alpha value is -0.930. The standard InChI is InChI=1S/C14H22FNO/c1-11(10-17-3)8-13(16-2)9-12-6-4-5-7-14(12)15/h4-7,11,13,16H,8-10H2,1-3H3. The van der Waals surface area contributed by atoms with E-state index in [1.54, 1.807) is 13.2 Å². The molecule has 0 heterocycles. The number of benzene rings is 1. The molecule has 2 unspecified atom stereocenters. The van der Waals surface area contributed by atoms with Gasteiger partial charge in [0.15, 0.2) is 0 Å². The number of ether oxygens (including phenoxy) is 1. The van der Waals surface area contributed by atoms with E-state index in [0.717, 1.165) is 25.0 Å². The predicted octanol–water partition coefficient (Wildman–Crippen LogP) is 2.63. The van der Waals surface area contributed by atoms with Crippen LogP contribution < -0.4 is 5.32 Å². The maximum Gasteiger partial charge on any atom is 0.126 e. The zero-order valence-electron chi connectivity index (χ0n) is 10.9. The van der Waals surface area contributed by atoms with Gasteiger partial charge in [-0.25, -0.2) is 4.39 Å². The molecule has 1 aromatic rings. The normalized spacial score (nSPS) is 14.6. The molecule has 3 heteroatoms. The minimum Gasteiger partial charge on any atom is -0.384 e. The molecular formula is C14H22FNO. The number of halogens is 1. The average molecular weight is 239 g/mol. The van der Waals surface area contributed by atoms with E-state index in [1.807, 2.05) is 19.2 Å². The summed E-state index contributed by atoms with van der Waals surface area (Å²) in [5.74, 6) is 0.358. The van der Waals surface area contributed by atoms with Crippen LogP contribution in [0.15, 0.2) is 24.3 Å². The van der Waals surface area contributed by atoms with Gasteiger partial charge >= 0.3 is 0 Å². The predicted molar refractivity (Wildman–Crippen MR) is 68.6 cm³/mol. The van der Waals surface area contributed by atoms with Gasteiger partial charge in [0.25, 0.3) is 0 Å². The second-order valence-electron chi connectivity index (χ2n) is 4.58. The van der Waals surface area contributed by atoms with Crippen molar-refractivity contribution >= 4 is 0 Å². The van der Waals surface area contributed by atoms with Gasteiger partial charge in [-0.1, -0.05) is 25.1 Å². The Morgan fingerprint density at radius 3 is 2.65 bits per heavy atom. The Morgan fingerprint density at radius 2 is 2.06 bits per heavy atom. The van der Waals surface area contributed by atoms with Gasteiger partial charge in [0.2, 0.25) is 0 Å². The van der Waals surface area contributed by atoms with Crippen LogP contribution in [0.4, 0.5) is 4.39 Å². The first-order valence-electron chi connectivity index (χ1n) is 6.07. The Kier molecular flexibility index (Phi) is 6.16. The van der Waals surface area contributed by atoms with Gasteiger partial charge in [-0.3, -0.25) is 0 Å². The molecule has 0 saturated carbocycles. The lowest BCUT2D eigenvalue weighted by Gasteiger charge is -2.20. The van der Waals surface area contributed by atoms with E-state index in [0.29, 0.717) is 5.92 Å². The topological polar surface area (TPSA) is 21.3 Å². The summed E-state index contributed by atoms with van der Waals surface area (Å²) in [6.07, 6.45) is 1.70. The summed E-state index contributed by atoms with van der Waals surface area (Å²) in [6, 6.07) is 7.25. The van der Waals surface area contributed by atoms with Crippen molar-refractivity contribution in [1.82, 2.24) is 5.32 Å². The third kappa shape index (κ3) is 4.84. The number of likely N-dealkylation sites (N-methyl/N-ethyl adjacent to an activating group) is 1. The van der Waals surface area contributed by atoms with Gasteiger partial charge in [0.1, 0.15) is 5.82 Å². The number of hydrogen-bond acceptors (Lipinski definition) is 2. The smallest absolute Gasteiger partial charge is 0.126 e. The number of rotatable bonds is 7. The van der Waals surface area contributed by atoms with Crippen molar-refractivity contribution < 1.29 is 9.13 Å². The third-order valence-electron chi connectivity index (χ3n) is 2.97. The van der Waals surface area contributed by atoms with Crippen LogP contribution in [0.2, 0.25) is 0 Å². The first kappa shape index (κ1) is 14.1. The minimum absolute atomic E-state index is 0.118. The van der Waals surface area contributed by atoms with Crippen LogP contribution >= 0.6 is 0 Å². The Balaban J connectivity index is 2.55. The first-order chi connectivity index (χ1) is 8.17. The number of hydrogen-bond donors (Lipinski definition) is 1. The third-order valence-corrected chi connectivity index (χ3v) is 2.97. The summed E-state index contributed by atoms with van der Waals surface area (Å²) >= 11 is 0. The molecule has 0 aliphatic carbocycles. The molecule has 0 fully saturated rings. The van der Waals surface area contributed by atoms with Crippen LogP contribution in [0.1, 0.15) is 18.9 Å². The molecule has 0 aromatic heterocycles. The summed E-state index contributed by atoms with van der Waals surface area (Å²) < 4.78 is 18.6. The zero-order valence-corrected chi connectivity index (χ0v) is 10.9. The Bertz CT molecular complexity index is 330. The molecule has 0 aliphatic rings. The lowest BCUT2D eigenvalue weighted by atomic mass is 9.96. The molecular weight excluding hydrogens is 217 g/mol. The van der Waals surface area contributed by atoms with Crippen LogP contribution in [0.5, 0.6) is 0 Å². The molecule has 0 bridgehead atoms. The molecule has 0 saturated heterocycles. The molecule has 96 valence electrons. The summed E-state index contributed by atoms with van der Waals surface area (Å²) in [5.41, 5.74) is 0.775. The van der Waals surface area contributed by atoms with Gasteiger partial charge in [0, 0.05) is 19.8 Å². The second kappa shape index (κ2) is 7.41. The van der Waals surface area contributed by atoms with E-state index in [2.05, 4.69) is 12.2 Å². The highest BCUT2D eigenvalue weighted by molar-refractivity contribution is 5.18. The average Bonchev–Trinajstić information content (AvgIpc) is 2.31. The van der Waals surface area contributed by atoms with Crippen molar-refractivity contribution in [2.45, 2.75) is 25.8 Å². The summed E-state index contributed by atoms with van der Waals surface area (Å²) in [7, 11) is 3.63. The van der Waals surface area contributed by atoms with Crippen LogP contribution in [-0.4, -0.2) is 26.8 Å². The highest BCUT2D eigenvalue weighted by atomic mass is 19.1. The fourth-order valence-corrected chi connectivity index (χ4v) is 2.07. The van der Waals surface area contributed by atoms with Gasteiger partial charge < -0.3 is 10.1 Å². The Morgan fingerprint density at radius 1 is 1.35 bits per heavy atom. The molecule has 2 atom stereocenters. The highest BCUT2D eigenvalue weighted by Crippen LogP contribution is 2.14. The van der Waals surface area contributed by atoms with Crippen LogP contribution in [-0.2, 0) is 11.2 Å². The lowest BCUT2D eigenvalue weighted by molar-refractivity contribution is 0.150. The van der Waals surface area contributed by atoms with Crippen molar-refractivity contribution in [1.29, 1.82) is 0 Å². The van der Waals surface area contributed by atoms with E-state index >= 15 is 0 Å². The summed E-state index contributed by atoms with van der Waals surface area (Å²) in [6.45, 7) is 2.89. The molecule has 1 N–H and O–H groups in total. The van der Waals surface area contributed by atoms with Crippen molar-refractivity contribution in [2.24, 2.45) is 5.92 Å². The summed E-state index contributed by atoms with van der Waals surface area (Å²) in [5, 5.41) is 3.24. The molecule has 0 aliphatic heterocycles. The summed E-state index contributed by atoms with van der Waals surface area (Å²) in [4.78, 5) is 0. The molecule has 0 spiro atoms. The molecule has 1 rings (SSSR count). The van der Waals surface area contributed by atoms with E-state index in [1.165, 1.54) is 6.07 Å². The molecule has 0 amide bonds. The maximum atomic E-state index is 13.5. The Labute approximate surface area is 103 Å². The van der Waals surface area contributed by atoms with E-state index in [-0.39, 0.29) is 11.9 Å². The second-order valence-corrected chi connectivity index (χ2v) is 4.58.